The van der Waals surface area contributed by atoms with Gasteiger partial charge in [-0.2, -0.15) is 4.74 Å². The maximum absolute atomic E-state index is 12.9. The quantitative estimate of drug-likeness (QED) is 0.684. The number of hydroxylamine groups is 3. The summed E-state index contributed by atoms with van der Waals surface area (Å²) in [6.45, 7) is 5.60. The molecule has 0 bridgehead atoms. The molecule has 2 unspecified atom stereocenters. The highest BCUT2D eigenvalue weighted by Crippen LogP contribution is 2.37. The molecule has 0 saturated heterocycles. The Morgan fingerprint density at radius 2 is 1.95 bits per heavy atom. The predicted octanol–water partition coefficient (Wildman–Crippen LogP) is 3.32. The molecule has 0 spiro atoms. The SMILES string of the molecule is Cc1ccc(C2(C)N(O)C(C)C(c3cccs3)=[N+]2[O-])cc1. The summed E-state index contributed by atoms with van der Waals surface area (Å²) in [5.74, 6) is 0. The van der Waals surface area contributed by atoms with E-state index in [4.69, 9.17) is 0 Å². The van der Waals surface area contributed by atoms with Crippen LogP contribution >= 0.6 is 11.3 Å². The molecule has 0 radical (unpaired) electrons. The minimum atomic E-state index is -1.10. The third-order valence-corrected chi connectivity index (χ3v) is 5.09. The molecule has 2 aromatic rings. The number of thiophene rings is 1. The van der Waals surface area contributed by atoms with Crippen molar-refractivity contribution in [3.05, 3.63) is 63.0 Å². The highest BCUT2D eigenvalue weighted by atomic mass is 32.1. The lowest BCUT2D eigenvalue weighted by Crippen LogP contribution is -2.45. The highest BCUT2D eigenvalue weighted by molar-refractivity contribution is 7.12. The van der Waals surface area contributed by atoms with E-state index >= 15 is 0 Å². The fraction of sp³-hybridized carbons (Fsp3) is 0.312. The van der Waals surface area contributed by atoms with Crippen molar-refractivity contribution in [2.75, 3.05) is 0 Å². The summed E-state index contributed by atoms with van der Waals surface area (Å²) in [6.07, 6.45) is 0. The lowest BCUT2D eigenvalue weighted by molar-refractivity contribution is -0.595. The van der Waals surface area contributed by atoms with Crippen molar-refractivity contribution in [3.8, 4) is 0 Å². The van der Waals surface area contributed by atoms with Gasteiger partial charge in [0.2, 0.25) is 5.71 Å². The van der Waals surface area contributed by atoms with Gasteiger partial charge < -0.3 is 10.4 Å². The van der Waals surface area contributed by atoms with Crippen molar-refractivity contribution >= 4 is 17.0 Å². The van der Waals surface area contributed by atoms with Crippen LogP contribution in [-0.2, 0) is 5.66 Å². The second-order valence-corrected chi connectivity index (χ2v) is 6.51. The van der Waals surface area contributed by atoms with Gasteiger partial charge in [0.05, 0.1) is 4.88 Å². The topological polar surface area (TPSA) is 49.5 Å². The van der Waals surface area contributed by atoms with Crippen LogP contribution in [0.3, 0.4) is 0 Å². The van der Waals surface area contributed by atoms with Gasteiger partial charge >= 0.3 is 0 Å². The monoisotopic (exact) mass is 302 g/mol. The lowest BCUT2D eigenvalue weighted by Gasteiger charge is -2.29. The van der Waals surface area contributed by atoms with Gasteiger partial charge in [0.25, 0.3) is 5.66 Å². The fourth-order valence-electron chi connectivity index (χ4n) is 2.84. The Bertz CT molecular complexity index is 679. The van der Waals surface area contributed by atoms with Crippen LogP contribution in [0.25, 0.3) is 0 Å². The van der Waals surface area contributed by atoms with Crippen LogP contribution in [0.2, 0.25) is 0 Å². The van der Waals surface area contributed by atoms with E-state index in [1.165, 1.54) is 11.3 Å². The van der Waals surface area contributed by atoms with E-state index < -0.39 is 5.66 Å². The first-order valence-electron chi connectivity index (χ1n) is 6.89. The smallest absolute Gasteiger partial charge is 0.274 e. The van der Waals surface area contributed by atoms with E-state index in [-0.39, 0.29) is 6.04 Å². The van der Waals surface area contributed by atoms with Gasteiger partial charge in [0, 0.05) is 12.5 Å². The summed E-state index contributed by atoms with van der Waals surface area (Å²) < 4.78 is 0.939. The molecule has 0 amide bonds. The minimum absolute atomic E-state index is 0.354. The Hall–Kier alpha value is -1.69. The van der Waals surface area contributed by atoms with Crippen LogP contribution in [0.4, 0.5) is 0 Å². The zero-order valence-electron chi connectivity index (χ0n) is 12.3. The number of rotatable bonds is 2. The minimum Gasteiger partial charge on any atom is -0.622 e. The van der Waals surface area contributed by atoms with Gasteiger partial charge in [-0.1, -0.05) is 35.9 Å². The molecule has 0 fully saturated rings. The van der Waals surface area contributed by atoms with Crippen molar-refractivity contribution < 1.29 is 9.95 Å². The summed E-state index contributed by atoms with van der Waals surface area (Å²) in [6, 6.07) is 11.2. The third-order valence-electron chi connectivity index (χ3n) is 4.20. The van der Waals surface area contributed by atoms with Gasteiger partial charge in [-0.3, -0.25) is 0 Å². The number of aryl methyl sites for hydroxylation is 1. The fourth-order valence-corrected chi connectivity index (χ4v) is 3.67. The van der Waals surface area contributed by atoms with Gasteiger partial charge in [0.1, 0.15) is 6.04 Å². The zero-order valence-corrected chi connectivity index (χ0v) is 13.1. The van der Waals surface area contributed by atoms with E-state index in [1.807, 2.05) is 55.6 Å². The number of hydrogen-bond donors (Lipinski definition) is 1. The van der Waals surface area contributed by atoms with Crippen molar-refractivity contribution in [2.45, 2.75) is 32.5 Å². The van der Waals surface area contributed by atoms with Crippen LogP contribution < -0.4 is 0 Å². The molecule has 21 heavy (non-hydrogen) atoms. The number of hydrogen-bond acceptors (Lipinski definition) is 4. The number of nitrogens with zero attached hydrogens (tertiary/aromatic N) is 2. The lowest BCUT2D eigenvalue weighted by atomic mass is 10.0. The van der Waals surface area contributed by atoms with Crippen molar-refractivity contribution in [3.63, 3.8) is 0 Å². The van der Waals surface area contributed by atoms with E-state index in [2.05, 4.69) is 0 Å². The summed E-state index contributed by atoms with van der Waals surface area (Å²) in [7, 11) is 0. The molecule has 1 aliphatic rings. The maximum Gasteiger partial charge on any atom is 0.274 e. The van der Waals surface area contributed by atoms with E-state index in [0.717, 1.165) is 25.8 Å². The molecule has 5 heteroatoms. The molecular weight excluding hydrogens is 284 g/mol. The van der Waals surface area contributed by atoms with Gasteiger partial charge in [0.15, 0.2) is 0 Å². The highest BCUT2D eigenvalue weighted by Gasteiger charge is 2.54. The summed E-state index contributed by atoms with van der Waals surface area (Å²) >= 11 is 1.51. The molecule has 1 aliphatic heterocycles. The molecule has 110 valence electrons. The molecule has 2 atom stereocenters. The molecular formula is C16H18N2O2S. The molecule has 1 N–H and O–H groups in total. The largest absolute Gasteiger partial charge is 0.622 e. The Kier molecular flexibility index (Phi) is 3.36. The van der Waals surface area contributed by atoms with E-state index in [0.29, 0.717) is 5.71 Å². The maximum atomic E-state index is 12.9. The van der Waals surface area contributed by atoms with Gasteiger partial charge in [-0.15, -0.1) is 16.4 Å². The van der Waals surface area contributed by atoms with Crippen LogP contribution in [0.5, 0.6) is 0 Å². The number of benzene rings is 1. The first-order valence-corrected chi connectivity index (χ1v) is 7.77. The van der Waals surface area contributed by atoms with Crippen molar-refractivity contribution in [2.24, 2.45) is 0 Å². The predicted molar refractivity (Wildman–Crippen MR) is 83.7 cm³/mol. The van der Waals surface area contributed by atoms with Crippen LogP contribution in [0, 0.1) is 12.1 Å². The molecule has 1 aromatic heterocycles. The first-order chi connectivity index (χ1) is 9.96. The molecule has 3 rings (SSSR count). The summed E-state index contributed by atoms with van der Waals surface area (Å²) in [5, 5.41) is 26.6. The standard InChI is InChI=1S/C16H18N2O2S/c1-11-6-8-13(9-7-11)16(3)17(19)12(2)15(18(16)20)14-5-4-10-21-14/h4-10,12,19H,1-3H3. The van der Waals surface area contributed by atoms with E-state index in [1.54, 1.807) is 6.92 Å². The van der Waals surface area contributed by atoms with Crippen LogP contribution in [-0.4, -0.2) is 26.8 Å². The Morgan fingerprint density at radius 3 is 2.52 bits per heavy atom. The Balaban J connectivity index is 2.16. The molecule has 4 nitrogen and oxygen atoms in total. The van der Waals surface area contributed by atoms with Gasteiger partial charge in [-0.25, -0.2) is 0 Å². The second-order valence-electron chi connectivity index (χ2n) is 5.56. The van der Waals surface area contributed by atoms with Crippen molar-refractivity contribution in [1.29, 1.82) is 0 Å². The summed E-state index contributed by atoms with van der Waals surface area (Å²) in [5.41, 5.74) is 1.41. The Labute approximate surface area is 128 Å². The third kappa shape index (κ3) is 2.00. The zero-order chi connectivity index (χ0) is 15.2. The van der Waals surface area contributed by atoms with Crippen LogP contribution in [0.1, 0.15) is 29.9 Å². The average Bonchev–Trinajstić information content (AvgIpc) is 3.04. The first kappa shape index (κ1) is 14.3. The average molecular weight is 302 g/mol. The molecule has 0 saturated carbocycles. The van der Waals surface area contributed by atoms with Crippen molar-refractivity contribution in [1.82, 2.24) is 5.06 Å². The normalized spacial score (nSPS) is 26.6. The molecule has 1 aromatic carbocycles. The Morgan fingerprint density at radius 1 is 1.29 bits per heavy atom. The summed E-state index contributed by atoms with van der Waals surface area (Å²) in [4.78, 5) is 0.896. The molecule has 2 heterocycles. The second kappa shape index (κ2) is 4.94. The van der Waals surface area contributed by atoms with Crippen LogP contribution in [0.15, 0.2) is 41.8 Å². The molecule has 0 aliphatic carbocycles. The van der Waals surface area contributed by atoms with E-state index in [9.17, 15) is 10.4 Å². The van der Waals surface area contributed by atoms with Gasteiger partial charge in [-0.05, 0) is 25.3 Å².